The Morgan fingerprint density at radius 3 is 2.77 bits per heavy atom. The van der Waals surface area contributed by atoms with Crippen LogP contribution < -0.4 is 5.32 Å². The highest BCUT2D eigenvalue weighted by Gasteiger charge is 2.56. The van der Waals surface area contributed by atoms with Crippen molar-refractivity contribution in [2.75, 3.05) is 0 Å². The Hall–Kier alpha value is -2.95. The molecule has 1 N–H and O–H groups in total. The number of carbonyl (C=O) groups is 1. The van der Waals surface area contributed by atoms with Crippen molar-refractivity contribution in [3.63, 3.8) is 0 Å². The minimum absolute atomic E-state index is 0.0469. The molecule has 3 atom stereocenters. The maximum Gasteiger partial charge on any atom is 0.253 e. The number of aryl methyl sites for hydroxylation is 2. The second-order valence-corrected chi connectivity index (χ2v) is 7.34. The number of fused-ring (bicyclic) bond motifs is 3. The summed E-state index contributed by atoms with van der Waals surface area (Å²) >= 11 is 0. The number of nitrogens with one attached hydrogen (secondary N) is 1. The molecule has 1 amide bonds. The average molecular weight is 344 g/mol. The summed E-state index contributed by atoms with van der Waals surface area (Å²) in [6.45, 7) is 3.95. The Kier molecular flexibility index (Phi) is 3.26. The summed E-state index contributed by atoms with van der Waals surface area (Å²) in [7, 11) is 0. The molecule has 2 aliphatic rings. The van der Waals surface area contributed by atoms with E-state index in [2.05, 4.69) is 39.7 Å². The summed E-state index contributed by atoms with van der Waals surface area (Å²) in [6.07, 6.45) is 2.70. The molecule has 2 aliphatic carbocycles. The summed E-state index contributed by atoms with van der Waals surface area (Å²) in [5.41, 5.74) is 5.40. The van der Waals surface area contributed by atoms with E-state index in [4.69, 9.17) is 0 Å². The van der Waals surface area contributed by atoms with Crippen molar-refractivity contribution in [2.45, 2.75) is 32.2 Å². The highest BCUT2D eigenvalue weighted by molar-refractivity contribution is 5.94. The van der Waals surface area contributed by atoms with Gasteiger partial charge in [0.15, 0.2) is 5.82 Å². The zero-order chi connectivity index (χ0) is 17.8. The number of pyridine rings is 1. The molecular formula is C21H20N4O. The second kappa shape index (κ2) is 5.53. The van der Waals surface area contributed by atoms with E-state index >= 15 is 0 Å². The standard InChI is InChI=1S/C21H20N4O/c1-12-9-13(2)25(24-12)18-8-7-15(11-22-18)21(26)23-20-17-10-14-5-3-4-6-16(14)19(17)20/h3-9,11,17,19-20H,10H2,1-2H3,(H,23,26)/t17-,19+,20+/m0/s1. The largest absolute Gasteiger partial charge is 0.348 e. The maximum absolute atomic E-state index is 12.6. The van der Waals surface area contributed by atoms with Crippen molar-refractivity contribution >= 4 is 5.91 Å². The third-order valence-corrected chi connectivity index (χ3v) is 5.57. The fourth-order valence-electron chi connectivity index (χ4n) is 4.29. The van der Waals surface area contributed by atoms with Crippen LogP contribution in [0.1, 0.15) is 38.8 Å². The predicted octanol–water partition coefficient (Wildman–Crippen LogP) is 2.95. The molecule has 0 spiro atoms. The molecule has 0 saturated heterocycles. The number of hydrogen-bond donors (Lipinski definition) is 1. The van der Waals surface area contributed by atoms with Crippen molar-refractivity contribution in [3.8, 4) is 5.82 Å². The topological polar surface area (TPSA) is 59.8 Å². The molecule has 1 saturated carbocycles. The lowest BCUT2D eigenvalue weighted by Gasteiger charge is -2.10. The van der Waals surface area contributed by atoms with E-state index in [1.807, 2.05) is 32.0 Å². The number of rotatable bonds is 3. The summed E-state index contributed by atoms with van der Waals surface area (Å²) in [6, 6.07) is 14.5. The van der Waals surface area contributed by atoms with Gasteiger partial charge in [-0.3, -0.25) is 4.79 Å². The van der Waals surface area contributed by atoms with Gasteiger partial charge in [-0.1, -0.05) is 24.3 Å². The van der Waals surface area contributed by atoms with Gasteiger partial charge < -0.3 is 5.32 Å². The molecule has 0 bridgehead atoms. The smallest absolute Gasteiger partial charge is 0.253 e. The Morgan fingerprint density at radius 2 is 2.04 bits per heavy atom. The summed E-state index contributed by atoms with van der Waals surface area (Å²) in [5.74, 6) is 1.72. The van der Waals surface area contributed by atoms with Crippen LogP contribution in [-0.2, 0) is 6.42 Å². The first kappa shape index (κ1) is 15.3. The molecule has 26 heavy (non-hydrogen) atoms. The third-order valence-electron chi connectivity index (χ3n) is 5.57. The lowest BCUT2D eigenvalue weighted by molar-refractivity contribution is 0.0947. The fourth-order valence-corrected chi connectivity index (χ4v) is 4.29. The van der Waals surface area contributed by atoms with Crippen molar-refractivity contribution in [1.29, 1.82) is 0 Å². The Bertz CT molecular complexity index is 1010. The number of aromatic nitrogens is 3. The molecule has 2 aromatic heterocycles. The molecule has 130 valence electrons. The fraction of sp³-hybridized carbons (Fsp3) is 0.286. The van der Waals surface area contributed by atoms with Crippen LogP contribution in [0.3, 0.4) is 0 Å². The van der Waals surface area contributed by atoms with Crippen LogP contribution in [0.4, 0.5) is 0 Å². The van der Waals surface area contributed by atoms with Crippen LogP contribution in [0, 0.1) is 19.8 Å². The normalized spacial score (nSPS) is 22.6. The van der Waals surface area contributed by atoms with Gasteiger partial charge in [0, 0.05) is 23.9 Å². The predicted molar refractivity (Wildman–Crippen MR) is 98.5 cm³/mol. The van der Waals surface area contributed by atoms with Crippen molar-refractivity contribution in [1.82, 2.24) is 20.1 Å². The number of benzene rings is 1. The maximum atomic E-state index is 12.6. The Labute approximate surface area is 152 Å². The van der Waals surface area contributed by atoms with Crippen LogP contribution >= 0.6 is 0 Å². The van der Waals surface area contributed by atoms with Crippen molar-refractivity contribution in [2.24, 2.45) is 5.92 Å². The van der Waals surface area contributed by atoms with Gasteiger partial charge in [-0.05, 0) is 55.5 Å². The molecule has 5 heteroatoms. The molecule has 1 aromatic carbocycles. The first-order chi connectivity index (χ1) is 12.6. The van der Waals surface area contributed by atoms with Crippen LogP contribution in [0.5, 0.6) is 0 Å². The highest BCUT2D eigenvalue weighted by Crippen LogP contribution is 2.56. The molecule has 0 unspecified atom stereocenters. The summed E-state index contributed by atoms with van der Waals surface area (Å²) < 4.78 is 1.79. The Balaban J connectivity index is 1.30. The van der Waals surface area contributed by atoms with Crippen LogP contribution in [0.15, 0.2) is 48.7 Å². The second-order valence-electron chi connectivity index (χ2n) is 7.34. The van der Waals surface area contributed by atoms with E-state index in [-0.39, 0.29) is 11.9 Å². The van der Waals surface area contributed by atoms with Crippen LogP contribution in [-0.4, -0.2) is 26.7 Å². The lowest BCUT2D eigenvalue weighted by Crippen LogP contribution is -2.28. The van der Waals surface area contributed by atoms with Gasteiger partial charge in [-0.15, -0.1) is 0 Å². The van der Waals surface area contributed by atoms with Gasteiger partial charge in [0.2, 0.25) is 0 Å². The van der Waals surface area contributed by atoms with E-state index in [1.54, 1.807) is 10.9 Å². The zero-order valence-electron chi connectivity index (χ0n) is 14.8. The van der Waals surface area contributed by atoms with E-state index in [9.17, 15) is 4.79 Å². The van der Waals surface area contributed by atoms with E-state index in [0.717, 1.165) is 23.6 Å². The monoisotopic (exact) mass is 344 g/mol. The Morgan fingerprint density at radius 1 is 1.19 bits per heavy atom. The first-order valence-electron chi connectivity index (χ1n) is 9.00. The quantitative estimate of drug-likeness (QED) is 0.795. The van der Waals surface area contributed by atoms with Gasteiger partial charge in [-0.25, -0.2) is 9.67 Å². The van der Waals surface area contributed by atoms with Gasteiger partial charge in [-0.2, -0.15) is 5.10 Å². The third kappa shape index (κ3) is 2.35. The molecule has 0 radical (unpaired) electrons. The van der Waals surface area contributed by atoms with Crippen molar-refractivity contribution in [3.05, 3.63) is 76.7 Å². The van der Waals surface area contributed by atoms with Crippen LogP contribution in [0.25, 0.3) is 5.82 Å². The van der Waals surface area contributed by atoms with Gasteiger partial charge in [0.1, 0.15) is 0 Å². The molecule has 5 rings (SSSR count). The molecule has 2 heterocycles. The van der Waals surface area contributed by atoms with Crippen LogP contribution in [0.2, 0.25) is 0 Å². The molecule has 5 nitrogen and oxygen atoms in total. The first-order valence-corrected chi connectivity index (χ1v) is 9.00. The number of amides is 1. The average Bonchev–Trinajstić information content (AvgIpc) is 2.99. The summed E-state index contributed by atoms with van der Waals surface area (Å²) in [4.78, 5) is 17.0. The van der Waals surface area contributed by atoms with E-state index in [1.165, 1.54) is 11.1 Å². The molecule has 3 aromatic rings. The zero-order valence-corrected chi connectivity index (χ0v) is 14.8. The van der Waals surface area contributed by atoms with E-state index < -0.39 is 0 Å². The SMILES string of the molecule is Cc1cc(C)n(-c2ccc(C(=O)N[C@@H]3[C@H]4Cc5ccccc5[C@H]43)cn2)n1. The molecule has 0 aliphatic heterocycles. The number of hydrogen-bond acceptors (Lipinski definition) is 3. The minimum Gasteiger partial charge on any atom is -0.348 e. The van der Waals surface area contributed by atoms with E-state index in [0.29, 0.717) is 17.4 Å². The highest BCUT2D eigenvalue weighted by atomic mass is 16.1. The van der Waals surface area contributed by atoms with Crippen molar-refractivity contribution < 1.29 is 4.79 Å². The van der Waals surface area contributed by atoms with Gasteiger partial charge in [0.05, 0.1) is 11.3 Å². The number of carbonyl (C=O) groups excluding carboxylic acids is 1. The molecule has 1 fully saturated rings. The number of nitrogens with zero attached hydrogens (tertiary/aromatic N) is 3. The molecular weight excluding hydrogens is 324 g/mol. The van der Waals surface area contributed by atoms with Gasteiger partial charge >= 0.3 is 0 Å². The van der Waals surface area contributed by atoms with Gasteiger partial charge in [0.25, 0.3) is 5.91 Å². The minimum atomic E-state index is -0.0469. The summed E-state index contributed by atoms with van der Waals surface area (Å²) in [5, 5.41) is 7.61. The lowest BCUT2D eigenvalue weighted by atomic mass is 10.1.